The first-order valence-electron chi connectivity index (χ1n) is 12.0. The summed E-state index contributed by atoms with van der Waals surface area (Å²) in [6, 6.07) is 4.57. The molecular formula is C25H34N6O2. The van der Waals surface area contributed by atoms with Crippen molar-refractivity contribution in [3.63, 3.8) is 0 Å². The first kappa shape index (κ1) is 22.2. The Morgan fingerprint density at radius 3 is 2.85 bits per heavy atom. The van der Waals surface area contributed by atoms with Gasteiger partial charge in [-0.05, 0) is 69.9 Å². The Morgan fingerprint density at radius 2 is 2.18 bits per heavy atom. The number of rotatable bonds is 5. The van der Waals surface area contributed by atoms with Crippen LogP contribution in [0, 0.1) is 28.1 Å². The van der Waals surface area contributed by atoms with Crippen LogP contribution in [0.3, 0.4) is 0 Å². The van der Waals surface area contributed by atoms with Gasteiger partial charge in [0.2, 0.25) is 0 Å². The highest BCUT2D eigenvalue weighted by Crippen LogP contribution is 2.50. The molecule has 5 rings (SSSR count). The molecule has 3 heterocycles. The molecule has 2 saturated carbocycles. The molecule has 4 aliphatic rings. The number of ether oxygens (including phenoxy) is 1. The Morgan fingerprint density at radius 1 is 1.39 bits per heavy atom. The third kappa shape index (κ3) is 3.87. The Hall–Kier alpha value is -2.63. The first-order chi connectivity index (χ1) is 15.8. The van der Waals surface area contributed by atoms with Gasteiger partial charge in [-0.25, -0.2) is 4.98 Å². The molecule has 0 radical (unpaired) electrons. The van der Waals surface area contributed by atoms with Gasteiger partial charge in [0.25, 0.3) is 0 Å². The van der Waals surface area contributed by atoms with Crippen molar-refractivity contribution in [1.29, 1.82) is 10.7 Å². The lowest BCUT2D eigenvalue weighted by atomic mass is 9.68. The van der Waals surface area contributed by atoms with E-state index in [1.165, 1.54) is 6.21 Å². The maximum Gasteiger partial charge on any atom is 0.138 e. The van der Waals surface area contributed by atoms with Gasteiger partial charge in [-0.2, -0.15) is 5.26 Å². The number of nitriles is 1. The minimum Gasteiger partial charge on any atom is -0.391 e. The van der Waals surface area contributed by atoms with Crippen LogP contribution in [-0.2, 0) is 10.3 Å². The minimum absolute atomic E-state index is 0.142. The van der Waals surface area contributed by atoms with Crippen LogP contribution in [0.4, 0.5) is 11.6 Å². The Kier molecular flexibility index (Phi) is 5.37. The van der Waals surface area contributed by atoms with Crippen molar-refractivity contribution >= 4 is 17.9 Å². The standard InChI is InChI=1S/C25H34N6O2/c1-17-15-33-10-9-31(17)21-11-20(25(32)5-3-23(2,16-27)4-6-25)19(13-26)22(29-21)30-24-7-8-28-14-18(24)12-24/h7-8,11,13,17-18,26,28,32H,3-6,9-10,12,14-15H2,1-2H3,(H,29,30)/t17-,18?,23?,24?,25?/m1/s1. The highest BCUT2D eigenvalue weighted by atomic mass is 16.5. The lowest BCUT2D eigenvalue weighted by molar-refractivity contribution is -0.0232. The summed E-state index contributed by atoms with van der Waals surface area (Å²) < 4.78 is 5.64. The second-order valence-electron chi connectivity index (χ2n) is 10.6. The molecule has 1 saturated heterocycles. The van der Waals surface area contributed by atoms with Gasteiger partial charge in [-0.1, -0.05) is 0 Å². The molecule has 1 aromatic rings. The van der Waals surface area contributed by atoms with E-state index in [2.05, 4.69) is 34.6 Å². The van der Waals surface area contributed by atoms with Gasteiger partial charge in [-0.3, -0.25) is 0 Å². The maximum absolute atomic E-state index is 11.8. The summed E-state index contributed by atoms with van der Waals surface area (Å²) in [7, 11) is 0. The van der Waals surface area contributed by atoms with Crippen LogP contribution in [-0.4, -0.2) is 54.2 Å². The predicted molar refractivity (Wildman–Crippen MR) is 127 cm³/mol. The highest BCUT2D eigenvalue weighted by Gasteiger charge is 2.54. The van der Waals surface area contributed by atoms with Crippen molar-refractivity contribution < 1.29 is 9.84 Å². The highest BCUT2D eigenvalue weighted by molar-refractivity contribution is 5.88. The quantitative estimate of drug-likeness (QED) is 0.510. The molecular weight excluding hydrogens is 416 g/mol. The molecule has 0 spiro atoms. The van der Waals surface area contributed by atoms with E-state index in [4.69, 9.17) is 15.1 Å². The number of anilines is 2. The number of nitrogens with one attached hydrogen (secondary N) is 3. The summed E-state index contributed by atoms with van der Waals surface area (Å²) in [5.41, 5.74) is -0.244. The topological polar surface area (TPSA) is 117 Å². The van der Waals surface area contributed by atoms with E-state index in [0.717, 1.165) is 30.9 Å². The van der Waals surface area contributed by atoms with Crippen molar-refractivity contribution in [1.82, 2.24) is 10.3 Å². The van der Waals surface area contributed by atoms with Crippen molar-refractivity contribution in [2.24, 2.45) is 11.3 Å². The molecule has 8 heteroatoms. The van der Waals surface area contributed by atoms with E-state index in [-0.39, 0.29) is 11.6 Å². The summed E-state index contributed by atoms with van der Waals surface area (Å²) in [4.78, 5) is 7.24. The number of nitrogens with zero attached hydrogens (tertiary/aromatic N) is 3. The predicted octanol–water partition coefficient (Wildman–Crippen LogP) is 2.88. The molecule has 2 aliphatic carbocycles. The lowest BCUT2D eigenvalue weighted by Gasteiger charge is -2.41. The molecule has 176 valence electrons. The molecule has 33 heavy (non-hydrogen) atoms. The number of pyridine rings is 1. The molecule has 2 aliphatic heterocycles. The fourth-order valence-corrected chi connectivity index (χ4v) is 5.62. The molecule has 0 bridgehead atoms. The van der Waals surface area contributed by atoms with Gasteiger partial charge >= 0.3 is 0 Å². The molecule has 0 amide bonds. The normalized spacial score (nSPS) is 37.5. The smallest absolute Gasteiger partial charge is 0.138 e. The average molecular weight is 451 g/mol. The van der Waals surface area contributed by atoms with E-state index in [9.17, 15) is 10.4 Å². The van der Waals surface area contributed by atoms with Crippen molar-refractivity contribution in [2.45, 2.75) is 63.1 Å². The summed E-state index contributed by atoms with van der Waals surface area (Å²) in [5, 5.41) is 36.6. The lowest BCUT2D eigenvalue weighted by Crippen LogP contribution is -2.44. The van der Waals surface area contributed by atoms with E-state index in [0.29, 0.717) is 56.2 Å². The van der Waals surface area contributed by atoms with Crippen molar-refractivity contribution in [3.05, 3.63) is 29.5 Å². The van der Waals surface area contributed by atoms with Gasteiger partial charge < -0.3 is 30.8 Å². The van der Waals surface area contributed by atoms with Gasteiger partial charge in [0.1, 0.15) is 11.6 Å². The molecule has 1 aromatic heterocycles. The second kappa shape index (κ2) is 8.00. The molecule has 3 fully saturated rings. The number of morpholine rings is 1. The molecule has 3 atom stereocenters. The van der Waals surface area contributed by atoms with Crippen LogP contribution >= 0.6 is 0 Å². The zero-order valence-corrected chi connectivity index (χ0v) is 19.5. The van der Waals surface area contributed by atoms with Crippen LogP contribution in [0.25, 0.3) is 0 Å². The fourth-order valence-electron chi connectivity index (χ4n) is 5.62. The van der Waals surface area contributed by atoms with Gasteiger partial charge in [0, 0.05) is 30.8 Å². The van der Waals surface area contributed by atoms with Crippen molar-refractivity contribution in [2.75, 3.05) is 36.5 Å². The summed E-state index contributed by atoms with van der Waals surface area (Å²) in [5.74, 6) is 1.96. The van der Waals surface area contributed by atoms with Crippen LogP contribution < -0.4 is 15.5 Å². The van der Waals surface area contributed by atoms with E-state index in [1.807, 2.05) is 19.2 Å². The third-order valence-electron chi connectivity index (χ3n) is 8.17. The van der Waals surface area contributed by atoms with Crippen molar-refractivity contribution in [3.8, 4) is 6.07 Å². The number of hydrogen-bond donors (Lipinski definition) is 4. The number of aromatic nitrogens is 1. The molecule has 0 aromatic carbocycles. The number of aliphatic hydroxyl groups is 1. The number of hydrogen-bond acceptors (Lipinski definition) is 8. The summed E-state index contributed by atoms with van der Waals surface area (Å²) in [6.45, 7) is 7.03. The summed E-state index contributed by atoms with van der Waals surface area (Å²) in [6.07, 6.45) is 8.76. The maximum atomic E-state index is 11.8. The van der Waals surface area contributed by atoms with Gasteiger partial charge in [0.05, 0.1) is 41.9 Å². The Labute approximate surface area is 195 Å². The van der Waals surface area contributed by atoms with Crippen LogP contribution in [0.15, 0.2) is 18.3 Å². The van der Waals surface area contributed by atoms with E-state index >= 15 is 0 Å². The third-order valence-corrected chi connectivity index (χ3v) is 8.17. The second-order valence-corrected chi connectivity index (χ2v) is 10.6. The number of fused-ring (bicyclic) bond motifs is 1. The molecule has 8 nitrogen and oxygen atoms in total. The largest absolute Gasteiger partial charge is 0.391 e. The van der Waals surface area contributed by atoms with Crippen LogP contribution in [0.1, 0.15) is 57.1 Å². The summed E-state index contributed by atoms with van der Waals surface area (Å²) >= 11 is 0. The van der Waals surface area contributed by atoms with Crippen LogP contribution in [0.2, 0.25) is 0 Å². The van der Waals surface area contributed by atoms with Gasteiger partial charge in [0.15, 0.2) is 0 Å². The SMILES string of the molecule is C[C@@H]1COCCN1c1cc(C2(O)CCC(C)(C#N)CC2)c(C=N)c(NC23C=CNCC2C3)n1. The first-order valence-corrected chi connectivity index (χ1v) is 12.0. The van der Waals surface area contributed by atoms with E-state index < -0.39 is 11.0 Å². The van der Waals surface area contributed by atoms with E-state index in [1.54, 1.807) is 0 Å². The molecule has 4 N–H and O–H groups in total. The molecule has 2 unspecified atom stereocenters. The average Bonchev–Trinajstić information content (AvgIpc) is 3.55. The van der Waals surface area contributed by atoms with Crippen LogP contribution in [0.5, 0.6) is 0 Å². The fraction of sp³-hybridized carbons (Fsp3) is 0.640. The Bertz CT molecular complexity index is 1010. The Balaban J connectivity index is 1.57. The minimum atomic E-state index is -1.09. The monoisotopic (exact) mass is 450 g/mol. The zero-order valence-electron chi connectivity index (χ0n) is 19.5. The zero-order chi connectivity index (χ0) is 23.3. The van der Waals surface area contributed by atoms with Gasteiger partial charge in [-0.15, -0.1) is 0 Å².